The molecule has 1 aromatic rings. The first-order valence-corrected chi connectivity index (χ1v) is 6.81. The lowest BCUT2D eigenvalue weighted by Gasteiger charge is -2.22. The Balaban J connectivity index is 2.31. The average molecular weight is 313 g/mol. The van der Waals surface area contributed by atoms with Crippen LogP contribution < -0.4 is 5.73 Å². The Morgan fingerprint density at radius 2 is 2.22 bits per heavy atom. The van der Waals surface area contributed by atoms with Crippen molar-refractivity contribution in [2.45, 2.75) is 25.8 Å². The van der Waals surface area contributed by atoms with Gasteiger partial charge in [-0.25, -0.2) is 0 Å². The fraction of sp³-hybridized carbons (Fsp3) is 0.462. The Morgan fingerprint density at radius 3 is 2.78 bits per heavy atom. The number of amides is 1. The second-order valence-electron chi connectivity index (χ2n) is 4.62. The topological polar surface area (TPSA) is 66.6 Å². The van der Waals surface area contributed by atoms with E-state index in [1.165, 1.54) is 0 Å². The number of anilines is 1. The third-order valence-corrected chi connectivity index (χ3v) is 3.69. The van der Waals surface area contributed by atoms with Gasteiger partial charge in [0.2, 0.25) is 0 Å². The normalized spacial score (nSPS) is 14.6. The molecule has 98 valence electrons. The van der Waals surface area contributed by atoms with Gasteiger partial charge in [-0.3, -0.25) is 4.79 Å². The molecule has 4 nitrogen and oxygen atoms in total. The van der Waals surface area contributed by atoms with Crippen LogP contribution >= 0.6 is 15.9 Å². The molecule has 0 saturated heterocycles. The van der Waals surface area contributed by atoms with Crippen molar-refractivity contribution in [2.24, 2.45) is 0 Å². The summed E-state index contributed by atoms with van der Waals surface area (Å²) < 4.78 is 0.800. The maximum atomic E-state index is 12.5. The molecule has 0 radical (unpaired) electrons. The van der Waals surface area contributed by atoms with Crippen LogP contribution in [0.25, 0.3) is 0 Å². The van der Waals surface area contributed by atoms with Gasteiger partial charge in [0, 0.05) is 28.3 Å². The molecule has 18 heavy (non-hydrogen) atoms. The zero-order valence-corrected chi connectivity index (χ0v) is 11.9. The van der Waals surface area contributed by atoms with E-state index in [2.05, 4.69) is 15.9 Å². The highest BCUT2D eigenvalue weighted by atomic mass is 79.9. The molecular weight excluding hydrogens is 296 g/mol. The van der Waals surface area contributed by atoms with E-state index < -0.39 is 0 Å². The molecule has 0 spiro atoms. The van der Waals surface area contributed by atoms with Crippen molar-refractivity contribution in [3.63, 3.8) is 0 Å². The summed E-state index contributed by atoms with van der Waals surface area (Å²) in [6, 6.07) is 3.87. The van der Waals surface area contributed by atoms with Gasteiger partial charge in [0.15, 0.2) is 0 Å². The summed E-state index contributed by atoms with van der Waals surface area (Å²) >= 11 is 3.36. The molecule has 3 N–H and O–H groups in total. The molecule has 0 atom stereocenters. The molecule has 2 rings (SSSR count). The van der Waals surface area contributed by atoms with Gasteiger partial charge in [0.05, 0.1) is 6.61 Å². The highest BCUT2D eigenvalue weighted by Crippen LogP contribution is 2.30. The highest BCUT2D eigenvalue weighted by Gasteiger charge is 2.33. The Bertz CT molecular complexity index is 472. The van der Waals surface area contributed by atoms with Crippen LogP contribution in [-0.2, 0) is 0 Å². The number of hydrogen-bond acceptors (Lipinski definition) is 3. The SMILES string of the molecule is Cc1c(N)cc(Br)cc1C(=O)N(CCO)C1CC1. The number of aliphatic hydroxyl groups is 1. The first kappa shape index (κ1) is 13.4. The molecule has 0 aromatic heterocycles. The molecule has 1 aliphatic rings. The molecule has 1 amide bonds. The van der Waals surface area contributed by atoms with Gasteiger partial charge in [-0.1, -0.05) is 15.9 Å². The lowest BCUT2D eigenvalue weighted by Crippen LogP contribution is -2.36. The van der Waals surface area contributed by atoms with Crippen LogP contribution in [0.4, 0.5) is 5.69 Å². The summed E-state index contributed by atoms with van der Waals surface area (Å²) in [7, 11) is 0. The summed E-state index contributed by atoms with van der Waals surface area (Å²) in [6.07, 6.45) is 2.04. The third kappa shape index (κ3) is 2.67. The summed E-state index contributed by atoms with van der Waals surface area (Å²) in [5.74, 6) is -0.0444. The maximum Gasteiger partial charge on any atom is 0.254 e. The van der Waals surface area contributed by atoms with Crippen LogP contribution in [0.2, 0.25) is 0 Å². The highest BCUT2D eigenvalue weighted by molar-refractivity contribution is 9.10. The fourth-order valence-corrected chi connectivity index (χ4v) is 2.50. The summed E-state index contributed by atoms with van der Waals surface area (Å²) in [4.78, 5) is 14.2. The lowest BCUT2D eigenvalue weighted by atomic mass is 10.1. The standard InChI is InChI=1S/C13H17BrN2O2/c1-8-11(6-9(14)7-12(8)15)13(18)16(4-5-17)10-2-3-10/h6-7,10,17H,2-5,15H2,1H3. The summed E-state index contributed by atoms with van der Waals surface area (Å²) in [5, 5.41) is 9.06. The third-order valence-electron chi connectivity index (χ3n) is 3.23. The number of carbonyl (C=O) groups is 1. The van der Waals surface area contributed by atoms with Crippen molar-refractivity contribution in [3.8, 4) is 0 Å². The number of halogens is 1. The predicted octanol–water partition coefficient (Wildman–Crippen LogP) is 1.94. The molecule has 0 heterocycles. The average Bonchev–Trinajstić information content (AvgIpc) is 3.14. The van der Waals surface area contributed by atoms with Gasteiger partial charge in [0.1, 0.15) is 0 Å². The first-order valence-electron chi connectivity index (χ1n) is 6.02. The van der Waals surface area contributed by atoms with E-state index in [0.717, 1.165) is 22.9 Å². The van der Waals surface area contributed by atoms with Gasteiger partial charge in [-0.05, 0) is 37.5 Å². The minimum atomic E-state index is -0.0444. The van der Waals surface area contributed by atoms with E-state index >= 15 is 0 Å². The number of rotatable bonds is 4. The second kappa shape index (κ2) is 5.28. The number of nitrogens with zero attached hydrogens (tertiary/aromatic N) is 1. The van der Waals surface area contributed by atoms with Gasteiger partial charge in [-0.2, -0.15) is 0 Å². The Hall–Kier alpha value is -1.07. The number of hydrogen-bond donors (Lipinski definition) is 2. The van der Waals surface area contributed by atoms with E-state index in [-0.39, 0.29) is 18.6 Å². The number of nitrogen functional groups attached to an aromatic ring is 1. The number of aliphatic hydroxyl groups excluding tert-OH is 1. The smallest absolute Gasteiger partial charge is 0.254 e. The largest absolute Gasteiger partial charge is 0.398 e. The van der Waals surface area contributed by atoms with Crippen LogP contribution in [-0.4, -0.2) is 35.1 Å². The first-order chi connectivity index (χ1) is 8.54. The van der Waals surface area contributed by atoms with Crippen molar-refractivity contribution in [2.75, 3.05) is 18.9 Å². The van der Waals surface area contributed by atoms with Crippen molar-refractivity contribution < 1.29 is 9.90 Å². The summed E-state index contributed by atoms with van der Waals surface area (Å²) in [5.41, 5.74) is 7.89. The molecule has 1 fully saturated rings. The van der Waals surface area contributed by atoms with Crippen LogP contribution in [0, 0.1) is 6.92 Å². The predicted molar refractivity (Wildman–Crippen MR) is 74.4 cm³/mol. The van der Waals surface area contributed by atoms with Crippen LogP contribution in [0.15, 0.2) is 16.6 Å². The van der Waals surface area contributed by atoms with Gasteiger partial charge in [0.25, 0.3) is 5.91 Å². The minimum absolute atomic E-state index is 0.00915. The van der Waals surface area contributed by atoms with Gasteiger partial charge < -0.3 is 15.7 Å². The summed E-state index contributed by atoms with van der Waals surface area (Å²) in [6.45, 7) is 2.22. The fourth-order valence-electron chi connectivity index (χ4n) is 2.02. The van der Waals surface area contributed by atoms with E-state index in [1.807, 2.05) is 6.92 Å². The molecule has 5 heteroatoms. The molecule has 0 aliphatic heterocycles. The van der Waals surface area contributed by atoms with E-state index in [4.69, 9.17) is 10.8 Å². The Morgan fingerprint density at radius 1 is 1.56 bits per heavy atom. The van der Waals surface area contributed by atoms with Crippen molar-refractivity contribution in [1.29, 1.82) is 0 Å². The zero-order chi connectivity index (χ0) is 13.3. The minimum Gasteiger partial charge on any atom is -0.398 e. The Kier molecular flexibility index (Phi) is 3.92. The van der Waals surface area contributed by atoms with Crippen LogP contribution in [0.3, 0.4) is 0 Å². The molecule has 1 saturated carbocycles. The lowest BCUT2D eigenvalue weighted by molar-refractivity contribution is 0.0707. The van der Waals surface area contributed by atoms with Crippen LogP contribution in [0.1, 0.15) is 28.8 Å². The van der Waals surface area contributed by atoms with Gasteiger partial charge in [-0.15, -0.1) is 0 Å². The van der Waals surface area contributed by atoms with E-state index in [1.54, 1.807) is 17.0 Å². The second-order valence-corrected chi connectivity index (χ2v) is 5.54. The van der Waals surface area contributed by atoms with E-state index in [9.17, 15) is 4.79 Å². The van der Waals surface area contributed by atoms with Crippen molar-refractivity contribution >= 4 is 27.5 Å². The number of nitrogens with two attached hydrogens (primary N) is 1. The zero-order valence-electron chi connectivity index (χ0n) is 10.3. The number of benzene rings is 1. The quantitative estimate of drug-likeness (QED) is 0.835. The molecule has 0 bridgehead atoms. The van der Waals surface area contributed by atoms with Crippen molar-refractivity contribution in [1.82, 2.24) is 4.90 Å². The molecule has 1 aromatic carbocycles. The molecule has 0 unspecified atom stereocenters. The molecular formula is C13H17BrN2O2. The molecule has 1 aliphatic carbocycles. The number of carbonyl (C=O) groups excluding carboxylic acids is 1. The van der Waals surface area contributed by atoms with E-state index in [0.29, 0.717) is 17.8 Å². The maximum absolute atomic E-state index is 12.5. The monoisotopic (exact) mass is 312 g/mol. The van der Waals surface area contributed by atoms with Crippen LogP contribution in [0.5, 0.6) is 0 Å². The van der Waals surface area contributed by atoms with Gasteiger partial charge >= 0.3 is 0 Å². The Labute approximate surface area is 115 Å². The van der Waals surface area contributed by atoms with Crippen molar-refractivity contribution in [3.05, 3.63) is 27.7 Å².